The quantitative estimate of drug-likeness (QED) is 0.529. The van der Waals surface area contributed by atoms with Crippen molar-refractivity contribution in [3.63, 3.8) is 0 Å². The van der Waals surface area contributed by atoms with E-state index in [1.807, 2.05) is 21.0 Å². The van der Waals surface area contributed by atoms with Crippen molar-refractivity contribution in [2.45, 2.75) is 19.4 Å². The molecule has 0 aromatic heterocycles. The van der Waals surface area contributed by atoms with Gasteiger partial charge in [0, 0.05) is 6.04 Å². The molecule has 0 aliphatic carbocycles. The maximum absolute atomic E-state index is 7.14. The second kappa shape index (κ2) is 3.87. The second-order valence-corrected chi connectivity index (χ2v) is 2.49. The number of nitrogens with zero attached hydrogens (tertiary/aromatic N) is 1. The molecule has 0 aliphatic heterocycles. The molecular weight excluding hydrogens is 100 g/mol. The van der Waals surface area contributed by atoms with Crippen molar-refractivity contribution in [2.24, 2.45) is 0 Å². The van der Waals surface area contributed by atoms with Gasteiger partial charge in [-0.25, -0.2) is 0 Å². The van der Waals surface area contributed by atoms with Crippen molar-refractivity contribution in [3.05, 3.63) is 0 Å². The molecule has 1 radical (unpaired) electrons. The van der Waals surface area contributed by atoms with Gasteiger partial charge < -0.3 is 4.90 Å². The molecule has 49 valence electrons. The van der Waals surface area contributed by atoms with E-state index in [0.717, 1.165) is 13.0 Å². The van der Waals surface area contributed by atoms with Crippen LogP contribution in [0.25, 0.3) is 0 Å². The Bertz CT molecular complexity index is 42.5. The minimum Gasteiger partial charge on any atom is -0.309 e. The van der Waals surface area contributed by atoms with Gasteiger partial charge in [0.1, 0.15) is 0 Å². The van der Waals surface area contributed by atoms with Gasteiger partial charge in [0.2, 0.25) is 0 Å². The van der Waals surface area contributed by atoms with Gasteiger partial charge in [0.15, 0.2) is 0 Å². The number of hydrogen-bond donors (Lipinski definition) is 0. The molecule has 0 aliphatic rings. The third kappa shape index (κ3) is 5.92. The fourth-order valence-electron chi connectivity index (χ4n) is 0.452. The summed E-state index contributed by atoms with van der Waals surface area (Å²) in [5.74, 6) is 0. The summed E-state index contributed by atoms with van der Waals surface area (Å²) < 4.78 is 0. The molecule has 0 saturated heterocycles. The Morgan fingerprint density at radius 2 is 2.00 bits per heavy atom. The molecule has 1 unspecified atom stereocenters. The summed E-state index contributed by atoms with van der Waals surface area (Å²) in [6.07, 6.45) is 0.979. The summed E-state index contributed by atoms with van der Waals surface area (Å²) >= 11 is 0. The van der Waals surface area contributed by atoms with Crippen LogP contribution in [-0.4, -0.2) is 31.6 Å². The predicted octanol–water partition coefficient (Wildman–Crippen LogP) is 0.609. The van der Waals surface area contributed by atoms with Crippen LogP contribution in [0.1, 0.15) is 13.3 Å². The Morgan fingerprint density at radius 3 is 2.12 bits per heavy atom. The first kappa shape index (κ1) is 7.92. The molecule has 8 heavy (non-hydrogen) atoms. The van der Waals surface area contributed by atoms with Crippen molar-refractivity contribution in [1.29, 1.82) is 0 Å². The van der Waals surface area contributed by atoms with Gasteiger partial charge in [-0.05, 0) is 34.0 Å². The van der Waals surface area contributed by atoms with Crippen molar-refractivity contribution >= 4 is 0 Å². The van der Waals surface area contributed by atoms with E-state index in [1.54, 1.807) is 0 Å². The van der Waals surface area contributed by atoms with Gasteiger partial charge >= 0.3 is 0 Å². The van der Waals surface area contributed by atoms with E-state index in [2.05, 4.69) is 4.90 Å². The maximum atomic E-state index is 7.14. The minimum atomic E-state index is 0.0948. The lowest BCUT2D eigenvalue weighted by atomic mass is 10.2. The Hall–Kier alpha value is -0.0800. The first-order valence-corrected chi connectivity index (χ1v) is 2.98. The summed E-state index contributed by atoms with van der Waals surface area (Å²) in [7, 11) is 4.06. The first-order valence-electron chi connectivity index (χ1n) is 2.98. The SMILES string of the molecule is CC([NH])CCN(C)C. The summed E-state index contributed by atoms with van der Waals surface area (Å²) in [5.41, 5.74) is 7.14. The molecule has 2 nitrogen and oxygen atoms in total. The van der Waals surface area contributed by atoms with E-state index < -0.39 is 0 Å². The Kier molecular flexibility index (Phi) is 3.83. The van der Waals surface area contributed by atoms with Gasteiger partial charge in [0.25, 0.3) is 0 Å². The monoisotopic (exact) mass is 115 g/mol. The zero-order chi connectivity index (χ0) is 6.57. The highest BCUT2D eigenvalue weighted by atomic mass is 15.0. The molecule has 0 aromatic rings. The zero-order valence-electron chi connectivity index (χ0n) is 5.94. The molecule has 2 heteroatoms. The van der Waals surface area contributed by atoms with Crippen LogP contribution in [0.15, 0.2) is 0 Å². The molecule has 0 fully saturated rings. The fourth-order valence-corrected chi connectivity index (χ4v) is 0.452. The van der Waals surface area contributed by atoms with Crippen LogP contribution >= 0.6 is 0 Å². The van der Waals surface area contributed by atoms with E-state index in [9.17, 15) is 0 Å². The van der Waals surface area contributed by atoms with Crippen molar-refractivity contribution < 1.29 is 0 Å². The third-order valence-corrected chi connectivity index (χ3v) is 1.01. The molecule has 0 saturated carbocycles. The normalized spacial score (nSPS) is 14.6. The van der Waals surface area contributed by atoms with Crippen LogP contribution in [0, 0.1) is 0 Å². The van der Waals surface area contributed by atoms with Crippen molar-refractivity contribution in [3.8, 4) is 0 Å². The average molecular weight is 115 g/mol. The fraction of sp³-hybridized carbons (Fsp3) is 1.00. The molecule has 0 spiro atoms. The maximum Gasteiger partial charge on any atom is 0.0196 e. The van der Waals surface area contributed by atoms with Gasteiger partial charge in [-0.1, -0.05) is 0 Å². The summed E-state index contributed by atoms with van der Waals surface area (Å²) in [6, 6.07) is 0.0948. The highest BCUT2D eigenvalue weighted by Gasteiger charge is 1.94. The highest BCUT2D eigenvalue weighted by molar-refractivity contribution is 4.53. The Balaban J connectivity index is 2.93. The zero-order valence-corrected chi connectivity index (χ0v) is 5.94. The largest absolute Gasteiger partial charge is 0.309 e. The molecule has 1 atom stereocenters. The van der Waals surface area contributed by atoms with Crippen LogP contribution in [-0.2, 0) is 0 Å². The molecule has 0 aromatic carbocycles. The molecule has 1 N–H and O–H groups in total. The summed E-state index contributed by atoms with van der Waals surface area (Å²) in [5, 5.41) is 0. The lowest BCUT2D eigenvalue weighted by molar-refractivity contribution is 0.383. The smallest absolute Gasteiger partial charge is 0.0196 e. The number of hydrogen-bond acceptors (Lipinski definition) is 1. The lowest BCUT2D eigenvalue weighted by Gasteiger charge is -2.09. The highest BCUT2D eigenvalue weighted by Crippen LogP contribution is 1.88. The van der Waals surface area contributed by atoms with E-state index in [0.29, 0.717) is 0 Å². The Morgan fingerprint density at radius 1 is 1.50 bits per heavy atom. The Labute approximate surface area is 51.7 Å². The number of rotatable bonds is 3. The molecule has 0 heterocycles. The standard InChI is InChI=1S/C6H15N2/c1-6(7)4-5-8(2)3/h6-7H,4-5H2,1-3H3. The average Bonchev–Trinajstić information content (AvgIpc) is 1.61. The van der Waals surface area contributed by atoms with Crippen LogP contribution in [0.5, 0.6) is 0 Å². The van der Waals surface area contributed by atoms with Gasteiger partial charge in [-0.15, -0.1) is 0 Å². The second-order valence-electron chi connectivity index (χ2n) is 2.49. The van der Waals surface area contributed by atoms with Crippen molar-refractivity contribution in [2.75, 3.05) is 20.6 Å². The van der Waals surface area contributed by atoms with Gasteiger partial charge in [0.05, 0.1) is 0 Å². The lowest BCUT2D eigenvalue weighted by Crippen LogP contribution is -2.18. The van der Waals surface area contributed by atoms with Gasteiger partial charge in [-0.3, -0.25) is 5.73 Å². The van der Waals surface area contributed by atoms with E-state index in [1.165, 1.54) is 0 Å². The summed E-state index contributed by atoms with van der Waals surface area (Å²) in [4.78, 5) is 2.10. The molecule has 0 bridgehead atoms. The van der Waals surface area contributed by atoms with E-state index in [4.69, 9.17) is 5.73 Å². The van der Waals surface area contributed by atoms with E-state index >= 15 is 0 Å². The predicted molar refractivity (Wildman–Crippen MR) is 35.7 cm³/mol. The van der Waals surface area contributed by atoms with Crippen LogP contribution in [0.2, 0.25) is 0 Å². The van der Waals surface area contributed by atoms with E-state index in [-0.39, 0.29) is 6.04 Å². The third-order valence-electron chi connectivity index (χ3n) is 1.01. The molecular formula is C6H15N2. The number of nitrogens with one attached hydrogen (secondary N) is 1. The molecule has 0 rings (SSSR count). The summed E-state index contributed by atoms with van der Waals surface area (Å²) in [6.45, 7) is 2.95. The minimum absolute atomic E-state index is 0.0948. The topological polar surface area (TPSA) is 27.0 Å². The van der Waals surface area contributed by atoms with Crippen molar-refractivity contribution in [1.82, 2.24) is 10.6 Å². The molecule has 0 amide bonds. The van der Waals surface area contributed by atoms with Crippen LogP contribution in [0.4, 0.5) is 0 Å². The van der Waals surface area contributed by atoms with Crippen LogP contribution < -0.4 is 5.73 Å². The van der Waals surface area contributed by atoms with Crippen LogP contribution in [0.3, 0.4) is 0 Å². The first-order chi connectivity index (χ1) is 3.63. The van der Waals surface area contributed by atoms with Gasteiger partial charge in [-0.2, -0.15) is 0 Å².